The molecular formula is C12H15NO6S. The maximum atomic E-state index is 12.0. The van der Waals surface area contributed by atoms with Gasteiger partial charge in [-0.15, -0.1) is 0 Å². The van der Waals surface area contributed by atoms with Crippen molar-refractivity contribution >= 4 is 16.0 Å². The highest BCUT2D eigenvalue weighted by molar-refractivity contribution is 7.89. The van der Waals surface area contributed by atoms with Crippen LogP contribution in [0, 0.1) is 0 Å². The van der Waals surface area contributed by atoms with Crippen molar-refractivity contribution < 1.29 is 27.8 Å². The van der Waals surface area contributed by atoms with Crippen molar-refractivity contribution in [1.29, 1.82) is 0 Å². The summed E-state index contributed by atoms with van der Waals surface area (Å²) in [7, 11) is -3.68. The first-order valence-electron chi connectivity index (χ1n) is 6.01. The summed E-state index contributed by atoms with van der Waals surface area (Å²) in [6.07, 6.45) is -0.309. The van der Waals surface area contributed by atoms with Crippen molar-refractivity contribution in [2.24, 2.45) is 0 Å². The summed E-state index contributed by atoms with van der Waals surface area (Å²) < 4.78 is 36.9. The lowest BCUT2D eigenvalue weighted by atomic mass is 10.2. The zero-order valence-corrected chi connectivity index (χ0v) is 11.4. The van der Waals surface area contributed by atoms with E-state index in [1.165, 1.54) is 24.3 Å². The third kappa shape index (κ3) is 3.76. The van der Waals surface area contributed by atoms with E-state index in [1.807, 2.05) is 0 Å². The second-order valence-corrected chi connectivity index (χ2v) is 6.02. The molecule has 0 aromatic heterocycles. The Labute approximate surface area is 116 Å². The first-order valence-corrected chi connectivity index (χ1v) is 7.50. The molecule has 0 amide bonds. The van der Waals surface area contributed by atoms with E-state index in [1.54, 1.807) is 0 Å². The number of benzene rings is 1. The zero-order valence-electron chi connectivity index (χ0n) is 10.6. The van der Waals surface area contributed by atoms with Crippen LogP contribution in [-0.2, 0) is 19.5 Å². The summed E-state index contributed by atoms with van der Waals surface area (Å²) in [5.74, 6) is -1.10. The lowest BCUT2D eigenvalue weighted by molar-refractivity contribution is -0.0846. The number of sulfonamides is 1. The Bertz CT molecular complexity index is 562. The fraction of sp³-hybridized carbons (Fsp3) is 0.417. The van der Waals surface area contributed by atoms with Crippen LogP contribution in [0.25, 0.3) is 0 Å². The Morgan fingerprint density at radius 2 is 2.00 bits per heavy atom. The van der Waals surface area contributed by atoms with Crippen molar-refractivity contribution in [3.63, 3.8) is 0 Å². The molecule has 0 saturated carbocycles. The molecule has 1 heterocycles. The lowest BCUT2D eigenvalue weighted by Gasteiger charge is -2.23. The number of hydrogen-bond acceptors (Lipinski definition) is 5. The highest BCUT2D eigenvalue weighted by Gasteiger charge is 2.19. The second-order valence-electron chi connectivity index (χ2n) is 4.25. The van der Waals surface area contributed by atoms with Gasteiger partial charge in [-0.2, -0.15) is 0 Å². The molecule has 20 heavy (non-hydrogen) atoms. The van der Waals surface area contributed by atoms with Crippen LogP contribution in [0.3, 0.4) is 0 Å². The molecule has 0 spiro atoms. The van der Waals surface area contributed by atoms with E-state index in [0.717, 1.165) is 0 Å². The van der Waals surface area contributed by atoms with E-state index in [-0.39, 0.29) is 23.1 Å². The van der Waals surface area contributed by atoms with Gasteiger partial charge in [-0.3, -0.25) is 0 Å². The molecule has 8 heteroatoms. The molecule has 1 aromatic carbocycles. The maximum absolute atomic E-state index is 12.0. The molecule has 0 bridgehead atoms. The Balaban J connectivity index is 2.00. The largest absolute Gasteiger partial charge is 0.478 e. The van der Waals surface area contributed by atoms with Gasteiger partial charge in [0.2, 0.25) is 10.0 Å². The van der Waals surface area contributed by atoms with Crippen LogP contribution in [0.4, 0.5) is 0 Å². The zero-order chi connectivity index (χ0) is 14.6. The van der Waals surface area contributed by atoms with E-state index >= 15 is 0 Å². The maximum Gasteiger partial charge on any atom is 0.335 e. The van der Waals surface area contributed by atoms with Crippen LogP contribution in [0.1, 0.15) is 10.4 Å². The molecule has 7 nitrogen and oxygen atoms in total. The van der Waals surface area contributed by atoms with Crippen LogP contribution in [0.5, 0.6) is 0 Å². The van der Waals surface area contributed by atoms with Crippen LogP contribution in [0.15, 0.2) is 29.2 Å². The molecule has 1 aromatic rings. The molecule has 1 fully saturated rings. The number of carboxylic acids is 1. The summed E-state index contributed by atoms with van der Waals surface area (Å²) in [5.41, 5.74) is 0.0352. The third-order valence-corrected chi connectivity index (χ3v) is 4.24. The van der Waals surface area contributed by atoms with Crippen molar-refractivity contribution in [2.75, 3.05) is 26.4 Å². The molecule has 1 unspecified atom stereocenters. The Morgan fingerprint density at radius 3 is 2.55 bits per heavy atom. The lowest BCUT2D eigenvalue weighted by Crippen LogP contribution is -2.39. The minimum Gasteiger partial charge on any atom is -0.478 e. The Morgan fingerprint density at radius 1 is 1.30 bits per heavy atom. The van der Waals surface area contributed by atoms with Crippen LogP contribution in [-0.4, -0.2) is 52.0 Å². The van der Waals surface area contributed by atoms with Crippen LogP contribution >= 0.6 is 0 Å². The molecule has 2 N–H and O–H groups in total. The average molecular weight is 301 g/mol. The Kier molecular flexibility index (Phi) is 4.71. The average Bonchev–Trinajstić information content (AvgIpc) is 2.46. The fourth-order valence-electron chi connectivity index (χ4n) is 1.72. The quantitative estimate of drug-likeness (QED) is 0.798. The van der Waals surface area contributed by atoms with E-state index in [4.69, 9.17) is 14.6 Å². The minimum atomic E-state index is -3.68. The van der Waals surface area contributed by atoms with Crippen molar-refractivity contribution in [1.82, 2.24) is 4.72 Å². The van der Waals surface area contributed by atoms with Gasteiger partial charge in [0.1, 0.15) is 0 Å². The van der Waals surface area contributed by atoms with Crippen LogP contribution < -0.4 is 4.72 Å². The van der Waals surface area contributed by atoms with E-state index in [9.17, 15) is 13.2 Å². The monoisotopic (exact) mass is 301 g/mol. The second kappa shape index (κ2) is 6.31. The molecule has 1 atom stereocenters. The van der Waals surface area contributed by atoms with Gasteiger partial charge in [0.05, 0.1) is 36.4 Å². The molecule has 110 valence electrons. The highest BCUT2D eigenvalue weighted by Crippen LogP contribution is 2.11. The summed E-state index contributed by atoms with van der Waals surface area (Å²) in [4.78, 5) is 10.7. The summed E-state index contributed by atoms with van der Waals surface area (Å²) in [6, 6.07) is 5.00. The van der Waals surface area contributed by atoms with Gasteiger partial charge in [-0.1, -0.05) is 0 Å². The van der Waals surface area contributed by atoms with Gasteiger partial charge in [0.15, 0.2) is 0 Å². The van der Waals surface area contributed by atoms with Crippen molar-refractivity contribution in [3.05, 3.63) is 29.8 Å². The molecule has 1 aliphatic heterocycles. The number of hydrogen-bond donors (Lipinski definition) is 2. The predicted molar refractivity (Wildman–Crippen MR) is 69.1 cm³/mol. The smallest absolute Gasteiger partial charge is 0.335 e. The van der Waals surface area contributed by atoms with Gasteiger partial charge in [0.25, 0.3) is 0 Å². The first-order chi connectivity index (χ1) is 9.49. The number of carboxylic acid groups (broad SMARTS) is 1. The molecule has 0 radical (unpaired) electrons. The fourth-order valence-corrected chi connectivity index (χ4v) is 2.78. The Hall–Kier alpha value is -1.48. The highest BCUT2D eigenvalue weighted by atomic mass is 32.2. The summed E-state index contributed by atoms with van der Waals surface area (Å²) in [5, 5.41) is 8.76. The van der Waals surface area contributed by atoms with Crippen molar-refractivity contribution in [2.45, 2.75) is 11.0 Å². The van der Waals surface area contributed by atoms with Crippen molar-refractivity contribution in [3.8, 4) is 0 Å². The standard InChI is InChI=1S/C12H15NO6S/c14-12(15)9-1-3-11(4-2-9)20(16,17)13-7-10-8-18-5-6-19-10/h1-4,10,13H,5-8H2,(H,14,15). The molecule has 0 aliphatic carbocycles. The topological polar surface area (TPSA) is 102 Å². The number of carbonyl (C=O) groups is 1. The normalized spacial score (nSPS) is 19.7. The minimum absolute atomic E-state index is 0.0132. The SMILES string of the molecule is O=C(O)c1ccc(S(=O)(=O)NCC2COCCO2)cc1. The molecule has 1 aliphatic rings. The first kappa shape index (κ1) is 14.9. The number of aromatic carboxylic acids is 1. The van der Waals surface area contributed by atoms with Crippen LogP contribution in [0.2, 0.25) is 0 Å². The number of rotatable bonds is 5. The van der Waals surface area contributed by atoms with Gasteiger partial charge in [0, 0.05) is 6.54 Å². The summed E-state index contributed by atoms with van der Waals surface area (Å²) in [6.45, 7) is 1.42. The van der Waals surface area contributed by atoms with Gasteiger partial charge < -0.3 is 14.6 Å². The number of ether oxygens (including phenoxy) is 2. The molecule has 2 rings (SSSR count). The third-order valence-electron chi connectivity index (χ3n) is 2.80. The van der Waals surface area contributed by atoms with E-state index < -0.39 is 16.0 Å². The van der Waals surface area contributed by atoms with Gasteiger partial charge in [-0.05, 0) is 24.3 Å². The van der Waals surface area contributed by atoms with Gasteiger partial charge >= 0.3 is 5.97 Å². The molecule has 1 saturated heterocycles. The molecular weight excluding hydrogens is 286 g/mol. The van der Waals surface area contributed by atoms with E-state index in [2.05, 4.69) is 4.72 Å². The van der Waals surface area contributed by atoms with Gasteiger partial charge in [-0.25, -0.2) is 17.9 Å². The summed E-state index contributed by atoms with van der Waals surface area (Å²) >= 11 is 0. The van der Waals surface area contributed by atoms with E-state index in [0.29, 0.717) is 19.8 Å². The number of nitrogens with one attached hydrogen (secondary N) is 1. The predicted octanol–water partition coefficient (Wildman–Crippen LogP) is 0.0785.